The number of aromatic nitrogens is 1. The molecule has 0 amide bonds. The highest BCUT2D eigenvalue weighted by atomic mass is 19.2. The number of phenols is 1. The minimum Gasteiger partial charge on any atom is -0.502 e. The molecule has 2 aromatic rings. The van der Waals surface area contributed by atoms with E-state index in [4.69, 9.17) is 9.47 Å². The highest BCUT2D eigenvalue weighted by Crippen LogP contribution is 2.37. The van der Waals surface area contributed by atoms with Gasteiger partial charge in [-0.15, -0.1) is 0 Å². The quantitative estimate of drug-likeness (QED) is 0.651. The summed E-state index contributed by atoms with van der Waals surface area (Å²) in [5, 5.41) is 12.0. The van der Waals surface area contributed by atoms with Crippen molar-refractivity contribution < 1.29 is 32.1 Å². The molecule has 1 aromatic heterocycles. The molecule has 1 aromatic carbocycles. The number of nitrogens with zero attached hydrogens (tertiary/aromatic N) is 1. The molecule has 0 fully saturated rings. The molecule has 0 saturated heterocycles. The lowest BCUT2D eigenvalue weighted by Crippen LogP contribution is -2.09. The molecule has 0 aliphatic heterocycles. The van der Waals surface area contributed by atoms with Crippen LogP contribution in [-0.4, -0.2) is 24.3 Å². The molecule has 124 valence electrons. The average molecular weight is 332 g/mol. The fourth-order valence-corrected chi connectivity index (χ4v) is 1.88. The van der Waals surface area contributed by atoms with Crippen LogP contribution in [0.15, 0.2) is 12.1 Å². The van der Waals surface area contributed by atoms with Gasteiger partial charge in [-0.2, -0.15) is 22.5 Å². The number of methoxy groups -OCH3 is 2. The Balaban J connectivity index is 2.32. The van der Waals surface area contributed by atoms with Crippen molar-refractivity contribution in [3.63, 3.8) is 0 Å². The van der Waals surface area contributed by atoms with Crippen LogP contribution in [0.4, 0.5) is 23.2 Å². The second kappa shape index (κ2) is 6.59. The summed E-state index contributed by atoms with van der Waals surface area (Å²) in [4.78, 5) is 2.46. The average Bonchev–Trinajstić information content (AvgIpc) is 2.54. The van der Waals surface area contributed by atoms with Crippen molar-refractivity contribution in [3.05, 3.63) is 41.2 Å². The minimum absolute atomic E-state index is 0.0641. The summed E-state index contributed by atoms with van der Waals surface area (Å²) in [6.45, 7) is -0.219. The van der Waals surface area contributed by atoms with E-state index in [0.29, 0.717) is 5.56 Å². The Morgan fingerprint density at radius 2 is 1.48 bits per heavy atom. The van der Waals surface area contributed by atoms with Gasteiger partial charge in [0.25, 0.3) is 11.9 Å². The molecule has 2 rings (SSSR count). The molecule has 5 nitrogen and oxygen atoms in total. The zero-order chi connectivity index (χ0) is 17.1. The smallest absolute Gasteiger partial charge is 0.253 e. The largest absolute Gasteiger partial charge is 0.502 e. The number of phenolic OH excluding ortho intramolecular Hbond substituents is 1. The molecule has 23 heavy (non-hydrogen) atoms. The lowest BCUT2D eigenvalue weighted by atomic mass is 10.1. The van der Waals surface area contributed by atoms with E-state index in [1.54, 1.807) is 0 Å². The van der Waals surface area contributed by atoms with Crippen molar-refractivity contribution in [2.75, 3.05) is 19.5 Å². The molecule has 0 bridgehead atoms. The number of ether oxygens (including phenoxy) is 2. The van der Waals surface area contributed by atoms with Gasteiger partial charge < -0.3 is 19.9 Å². The van der Waals surface area contributed by atoms with Gasteiger partial charge in [0.05, 0.1) is 14.2 Å². The van der Waals surface area contributed by atoms with Crippen LogP contribution in [0.2, 0.25) is 0 Å². The summed E-state index contributed by atoms with van der Waals surface area (Å²) in [7, 11) is 2.61. The molecule has 0 spiro atoms. The Bertz CT molecular complexity index is 689. The molecule has 1 heterocycles. The third-order valence-electron chi connectivity index (χ3n) is 3.01. The topological polar surface area (TPSA) is 63.6 Å². The van der Waals surface area contributed by atoms with E-state index < -0.39 is 29.2 Å². The second-order valence-electron chi connectivity index (χ2n) is 4.40. The normalized spacial score (nSPS) is 10.5. The number of hydrogen-bond acceptors (Lipinski definition) is 5. The molecular formula is C14H12F4N2O3. The standard InChI is InChI=1S/C14H12F4N2O3/c1-22-7-3-6(4-8(23-2)12(7)21)5-19-11-9(15)13(17)20-14(18)10(11)16/h3-4,21H,5H2,1-2H3,(H,19,20). The van der Waals surface area contributed by atoms with E-state index in [9.17, 15) is 22.7 Å². The van der Waals surface area contributed by atoms with E-state index in [0.717, 1.165) is 0 Å². The number of rotatable bonds is 5. The zero-order valence-corrected chi connectivity index (χ0v) is 12.1. The van der Waals surface area contributed by atoms with Crippen LogP contribution in [0.1, 0.15) is 5.56 Å². The first kappa shape index (κ1) is 16.7. The summed E-state index contributed by atoms with van der Waals surface area (Å²) in [6.07, 6.45) is 0. The van der Waals surface area contributed by atoms with Crippen molar-refractivity contribution in [3.8, 4) is 17.2 Å². The van der Waals surface area contributed by atoms with Gasteiger partial charge in [-0.05, 0) is 17.7 Å². The number of anilines is 1. The second-order valence-corrected chi connectivity index (χ2v) is 4.40. The van der Waals surface area contributed by atoms with E-state index in [2.05, 4.69) is 10.3 Å². The highest BCUT2D eigenvalue weighted by molar-refractivity contribution is 5.54. The van der Waals surface area contributed by atoms with Crippen LogP contribution in [0.5, 0.6) is 17.2 Å². The van der Waals surface area contributed by atoms with Crippen molar-refractivity contribution in [2.24, 2.45) is 0 Å². The molecule has 0 aliphatic rings. The number of benzene rings is 1. The first-order valence-electron chi connectivity index (χ1n) is 6.26. The summed E-state index contributed by atoms with van der Waals surface area (Å²) < 4.78 is 62.9. The summed E-state index contributed by atoms with van der Waals surface area (Å²) in [5.74, 6) is -6.91. The van der Waals surface area contributed by atoms with Gasteiger partial charge in [-0.1, -0.05) is 0 Å². The SMILES string of the molecule is COc1cc(CNc2c(F)c(F)nc(F)c2F)cc(OC)c1O. The van der Waals surface area contributed by atoms with E-state index in [1.165, 1.54) is 26.4 Å². The fraction of sp³-hybridized carbons (Fsp3) is 0.214. The van der Waals surface area contributed by atoms with Crippen LogP contribution in [0.3, 0.4) is 0 Å². The zero-order valence-electron chi connectivity index (χ0n) is 12.1. The predicted octanol–water partition coefficient (Wildman–Crippen LogP) is 2.97. The highest BCUT2D eigenvalue weighted by Gasteiger charge is 2.21. The third-order valence-corrected chi connectivity index (χ3v) is 3.01. The first-order valence-corrected chi connectivity index (χ1v) is 6.26. The summed E-state index contributed by atoms with van der Waals surface area (Å²) in [5.41, 5.74) is -0.603. The van der Waals surface area contributed by atoms with Crippen molar-refractivity contribution in [2.45, 2.75) is 6.54 Å². The van der Waals surface area contributed by atoms with E-state index >= 15 is 0 Å². The van der Waals surface area contributed by atoms with E-state index in [-0.39, 0.29) is 23.8 Å². The van der Waals surface area contributed by atoms with E-state index in [1.807, 2.05) is 0 Å². The van der Waals surface area contributed by atoms with Gasteiger partial charge in [0.15, 0.2) is 11.5 Å². The lowest BCUT2D eigenvalue weighted by molar-refractivity contribution is 0.339. The number of pyridine rings is 1. The molecule has 0 aliphatic carbocycles. The van der Waals surface area contributed by atoms with Crippen LogP contribution >= 0.6 is 0 Å². The molecule has 2 N–H and O–H groups in total. The fourth-order valence-electron chi connectivity index (χ4n) is 1.88. The summed E-state index contributed by atoms with van der Waals surface area (Å²) in [6, 6.07) is 2.74. The van der Waals surface area contributed by atoms with Crippen molar-refractivity contribution >= 4 is 5.69 Å². The molecular weight excluding hydrogens is 320 g/mol. The molecule has 9 heteroatoms. The molecule has 0 saturated carbocycles. The maximum absolute atomic E-state index is 13.5. The van der Waals surface area contributed by atoms with Gasteiger partial charge >= 0.3 is 0 Å². The van der Waals surface area contributed by atoms with Gasteiger partial charge in [0.2, 0.25) is 17.4 Å². The predicted molar refractivity (Wildman–Crippen MR) is 72.6 cm³/mol. The maximum Gasteiger partial charge on any atom is 0.253 e. The van der Waals surface area contributed by atoms with Crippen LogP contribution < -0.4 is 14.8 Å². The number of nitrogens with one attached hydrogen (secondary N) is 1. The first-order chi connectivity index (χ1) is 10.9. The third kappa shape index (κ3) is 3.22. The van der Waals surface area contributed by atoms with Crippen LogP contribution in [0, 0.1) is 23.5 Å². The monoisotopic (exact) mass is 332 g/mol. The van der Waals surface area contributed by atoms with Crippen LogP contribution in [-0.2, 0) is 6.54 Å². The van der Waals surface area contributed by atoms with Gasteiger partial charge in [0, 0.05) is 6.54 Å². The molecule has 0 radical (unpaired) electrons. The Kier molecular flexibility index (Phi) is 4.77. The Labute approximate surface area is 128 Å². The molecule has 0 atom stereocenters. The number of hydrogen-bond donors (Lipinski definition) is 2. The van der Waals surface area contributed by atoms with Gasteiger partial charge in [-0.3, -0.25) is 0 Å². The molecule has 0 unspecified atom stereocenters. The van der Waals surface area contributed by atoms with Gasteiger partial charge in [-0.25, -0.2) is 0 Å². The lowest BCUT2D eigenvalue weighted by Gasteiger charge is -2.13. The van der Waals surface area contributed by atoms with Gasteiger partial charge in [0.1, 0.15) is 5.69 Å². The number of aromatic hydroxyl groups is 1. The Morgan fingerprint density at radius 3 is 1.91 bits per heavy atom. The maximum atomic E-state index is 13.5. The van der Waals surface area contributed by atoms with Crippen molar-refractivity contribution in [1.29, 1.82) is 0 Å². The summed E-state index contributed by atoms with van der Waals surface area (Å²) >= 11 is 0. The van der Waals surface area contributed by atoms with Crippen molar-refractivity contribution in [1.82, 2.24) is 4.98 Å². The Hall–Kier alpha value is -2.71. The van der Waals surface area contributed by atoms with Crippen LogP contribution in [0.25, 0.3) is 0 Å². The minimum atomic E-state index is -1.76. The number of halogens is 4. The Morgan fingerprint density at radius 1 is 1.00 bits per heavy atom.